The zero-order valence-electron chi connectivity index (χ0n) is 14.6. The second-order valence-electron chi connectivity index (χ2n) is 7.40. The third-order valence-corrected chi connectivity index (χ3v) is 6.68. The van der Waals surface area contributed by atoms with Crippen LogP contribution in [-0.4, -0.2) is 23.0 Å². The number of rotatable bonds is 3. The number of furan rings is 1. The highest BCUT2D eigenvalue weighted by Crippen LogP contribution is 2.52. The maximum atomic E-state index is 12.6. The quantitative estimate of drug-likeness (QED) is 0.422. The molecule has 0 unspecified atom stereocenters. The molecule has 2 aliphatic carbocycles. The molecule has 1 aromatic heterocycles. The SMILES string of the molecule is Cc1ccc(-c2ccc(/C=N\N3C(=O)[C@@H]4[C@@H](C3=O)[C@H]3C=C[C@H]4C3)o2)cc1Br. The van der Waals surface area contributed by atoms with Crippen LogP contribution in [0.1, 0.15) is 17.7 Å². The molecule has 136 valence electrons. The van der Waals surface area contributed by atoms with Crippen LogP contribution in [0.3, 0.4) is 0 Å². The molecule has 0 spiro atoms. The molecule has 0 N–H and O–H groups in total. The van der Waals surface area contributed by atoms with Gasteiger partial charge in [0.1, 0.15) is 11.5 Å². The fourth-order valence-corrected chi connectivity index (χ4v) is 4.82. The standard InChI is InChI=1S/C21H17BrN2O3/c1-11-2-3-12(9-16(11)22)17-7-6-15(27-17)10-23-24-20(25)18-13-4-5-14(8-13)19(18)21(24)26/h2-7,9-10,13-14,18-19H,8H2,1H3/b23-10-/t13-,14-,18-,19-/m0/s1. The highest BCUT2D eigenvalue weighted by atomic mass is 79.9. The number of carbonyl (C=O) groups excluding carboxylic acids is 2. The van der Waals surface area contributed by atoms with Crippen LogP contribution in [0.2, 0.25) is 0 Å². The summed E-state index contributed by atoms with van der Waals surface area (Å²) in [6.45, 7) is 2.02. The van der Waals surface area contributed by atoms with Gasteiger partial charge in [-0.05, 0) is 48.9 Å². The van der Waals surface area contributed by atoms with Crippen LogP contribution < -0.4 is 0 Å². The van der Waals surface area contributed by atoms with Gasteiger partial charge in [-0.2, -0.15) is 10.1 Å². The summed E-state index contributed by atoms with van der Waals surface area (Å²) in [6, 6.07) is 9.62. The van der Waals surface area contributed by atoms with Gasteiger partial charge in [0.25, 0.3) is 11.8 Å². The summed E-state index contributed by atoms with van der Waals surface area (Å²) in [5, 5.41) is 5.19. The molecule has 6 heteroatoms. The van der Waals surface area contributed by atoms with Gasteiger partial charge >= 0.3 is 0 Å². The lowest BCUT2D eigenvalue weighted by Crippen LogP contribution is -2.28. The van der Waals surface area contributed by atoms with Crippen molar-refractivity contribution >= 4 is 34.0 Å². The third-order valence-electron chi connectivity index (χ3n) is 5.83. The van der Waals surface area contributed by atoms with Crippen LogP contribution in [-0.2, 0) is 9.59 Å². The van der Waals surface area contributed by atoms with Crippen molar-refractivity contribution in [1.29, 1.82) is 0 Å². The zero-order valence-corrected chi connectivity index (χ0v) is 16.2. The van der Waals surface area contributed by atoms with E-state index in [1.807, 2.05) is 31.2 Å². The van der Waals surface area contributed by atoms with Crippen molar-refractivity contribution in [2.45, 2.75) is 13.3 Å². The van der Waals surface area contributed by atoms with E-state index in [4.69, 9.17) is 4.42 Å². The Labute approximate surface area is 164 Å². The number of hydrazone groups is 1. The molecule has 2 heterocycles. The number of amides is 2. The van der Waals surface area contributed by atoms with Crippen molar-refractivity contribution in [1.82, 2.24) is 5.01 Å². The maximum Gasteiger partial charge on any atom is 0.254 e. The first-order chi connectivity index (χ1) is 13.0. The molecule has 5 rings (SSSR count). The average Bonchev–Trinajstić information content (AvgIpc) is 3.41. The Kier molecular flexibility index (Phi) is 3.72. The summed E-state index contributed by atoms with van der Waals surface area (Å²) in [7, 11) is 0. The van der Waals surface area contributed by atoms with Crippen LogP contribution >= 0.6 is 15.9 Å². The first-order valence-corrected chi connectivity index (χ1v) is 9.79. The fraction of sp³-hybridized carbons (Fsp3) is 0.286. The second kappa shape index (κ2) is 6.02. The smallest absolute Gasteiger partial charge is 0.254 e. The molecule has 2 bridgehead atoms. The van der Waals surface area contributed by atoms with E-state index >= 15 is 0 Å². The first-order valence-electron chi connectivity index (χ1n) is 8.99. The predicted molar refractivity (Wildman–Crippen MR) is 104 cm³/mol. The minimum absolute atomic E-state index is 0.187. The lowest BCUT2D eigenvalue weighted by molar-refractivity contribution is -0.140. The number of benzene rings is 1. The molecule has 1 saturated heterocycles. The van der Waals surface area contributed by atoms with Crippen molar-refractivity contribution < 1.29 is 14.0 Å². The molecule has 1 aromatic carbocycles. The molecule has 2 aromatic rings. The fourth-order valence-electron chi connectivity index (χ4n) is 4.44. The second-order valence-corrected chi connectivity index (χ2v) is 8.25. The Bertz CT molecular complexity index is 992. The molecule has 0 radical (unpaired) electrons. The number of hydrogen-bond acceptors (Lipinski definition) is 4. The molecular weight excluding hydrogens is 408 g/mol. The van der Waals surface area contributed by atoms with Gasteiger partial charge in [-0.15, -0.1) is 0 Å². The van der Waals surface area contributed by atoms with E-state index in [1.54, 1.807) is 6.07 Å². The largest absolute Gasteiger partial charge is 0.455 e. The molecule has 2 fully saturated rings. The highest BCUT2D eigenvalue weighted by Gasteiger charge is 2.59. The lowest BCUT2D eigenvalue weighted by atomic mass is 9.85. The molecular formula is C21H17BrN2O3. The first kappa shape index (κ1) is 16.7. The molecule has 1 aliphatic heterocycles. The normalized spacial score (nSPS) is 28.7. The number of allylic oxidation sites excluding steroid dienone is 2. The van der Waals surface area contributed by atoms with E-state index in [0.717, 1.165) is 27.0 Å². The molecule has 2 amide bonds. The maximum absolute atomic E-state index is 12.6. The summed E-state index contributed by atoms with van der Waals surface area (Å²) < 4.78 is 6.82. The van der Waals surface area contributed by atoms with Crippen molar-refractivity contribution in [3.05, 3.63) is 58.3 Å². The summed E-state index contributed by atoms with van der Waals surface area (Å²) in [5.74, 6) is 0.734. The van der Waals surface area contributed by atoms with Gasteiger partial charge in [0, 0.05) is 10.0 Å². The molecule has 1 saturated carbocycles. The van der Waals surface area contributed by atoms with E-state index in [9.17, 15) is 9.59 Å². The van der Waals surface area contributed by atoms with Crippen LogP contribution in [0.5, 0.6) is 0 Å². The molecule has 5 nitrogen and oxygen atoms in total. The minimum atomic E-state index is -0.235. The van der Waals surface area contributed by atoms with Gasteiger partial charge in [0.2, 0.25) is 0 Å². The summed E-state index contributed by atoms with van der Waals surface area (Å²) in [5.41, 5.74) is 2.09. The number of imide groups is 1. The monoisotopic (exact) mass is 424 g/mol. The van der Waals surface area contributed by atoms with Gasteiger partial charge in [0.05, 0.1) is 18.1 Å². The van der Waals surface area contributed by atoms with Crippen molar-refractivity contribution in [2.75, 3.05) is 0 Å². The number of aryl methyl sites for hydroxylation is 1. The predicted octanol–water partition coefficient (Wildman–Crippen LogP) is 4.16. The Morgan fingerprint density at radius 2 is 1.81 bits per heavy atom. The van der Waals surface area contributed by atoms with Crippen molar-refractivity contribution in [3.8, 4) is 11.3 Å². The average molecular weight is 425 g/mol. The Morgan fingerprint density at radius 1 is 1.11 bits per heavy atom. The van der Waals surface area contributed by atoms with E-state index in [0.29, 0.717) is 11.5 Å². The Morgan fingerprint density at radius 3 is 2.48 bits per heavy atom. The van der Waals surface area contributed by atoms with Gasteiger partial charge in [-0.3, -0.25) is 9.59 Å². The van der Waals surface area contributed by atoms with Gasteiger partial charge < -0.3 is 4.42 Å². The van der Waals surface area contributed by atoms with Crippen LogP contribution in [0, 0.1) is 30.6 Å². The summed E-state index contributed by atoms with van der Waals surface area (Å²) in [6.07, 6.45) is 6.50. The molecule has 3 aliphatic rings. The Balaban J connectivity index is 1.36. The van der Waals surface area contributed by atoms with Crippen molar-refractivity contribution in [2.24, 2.45) is 28.8 Å². The lowest BCUT2D eigenvalue weighted by Gasteiger charge is -2.13. The van der Waals surface area contributed by atoms with Crippen LogP contribution in [0.25, 0.3) is 11.3 Å². The Hall–Kier alpha value is -2.47. The summed E-state index contributed by atoms with van der Waals surface area (Å²) >= 11 is 3.52. The van der Waals surface area contributed by atoms with Crippen molar-refractivity contribution in [3.63, 3.8) is 0 Å². The van der Waals surface area contributed by atoms with Crippen LogP contribution in [0.15, 0.2) is 56.5 Å². The van der Waals surface area contributed by atoms with Gasteiger partial charge in [-0.25, -0.2) is 0 Å². The van der Waals surface area contributed by atoms with Gasteiger partial charge in [0.15, 0.2) is 0 Å². The number of hydrogen-bond donors (Lipinski definition) is 0. The summed E-state index contributed by atoms with van der Waals surface area (Å²) in [4.78, 5) is 25.3. The topological polar surface area (TPSA) is 62.9 Å². The van der Waals surface area contributed by atoms with E-state index < -0.39 is 0 Å². The third kappa shape index (κ3) is 2.54. The molecule has 4 atom stereocenters. The van der Waals surface area contributed by atoms with Gasteiger partial charge in [-0.1, -0.05) is 40.2 Å². The van der Waals surface area contributed by atoms with E-state index in [-0.39, 0.29) is 35.5 Å². The van der Waals surface area contributed by atoms with Crippen LogP contribution in [0.4, 0.5) is 0 Å². The number of nitrogens with zero attached hydrogens (tertiary/aromatic N) is 2. The zero-order chi connectivity index (χ0) is 18.7. The number of halogens is 1. The minimum Gasteiger partial charge on any atom is -0.455 e. The number of fused-ring (bicyclic) bond motifs is 5. The van der Waals surface area contributed by atoms with E-state index in [2.05, 4.69) is 33.2 Å². The molecule has 27 heavy (non-hydrogen) atoms. The van der Waals surface area contributed by atoms with E-state index in [1.165, 1.54) is 6.21 Å². The highest BCUT2D eigenvalue weighted by molar-refractivity contribution is 9.10. The number of carbonyl (C=O) groups is 2.